The standard InChI is InChI=1S/C7H10BrF2N5O/c8-4-1-12-6(15-11)14-5(4)13-2-7(9,10)3-16/h1,16H,2-3,11H2,(H2,12,13,14,15). The van der Waals surface area contributed by atoms with Gasteiger partial charge in [0, 0.05) is 6.20 Å². The Morgan fingerprint density at radius 3 is 2.81 bits per heavy atom. The van der Waals surface area contributed by atoms with Gasteiger partial charge in [0.2, 0.25) is 5.95 Å². The van der Waals surface area contributed by atoms with Gasteiger partial charge in [-0.15, -0.1) is 0 Å². The molecule has 0 aliphatic rings. The molecule has 0 spiro atoms. The molecule has 16 heavy (non-hydrogen) atoms. The Labute approximate surface area is 98.4 Å². The number of anilines is 2. The minimum Gasteiger partial charge on any atom is -0.390 e. The highest BCUT2D eigenvalue weighted by Gasteiger charge is 2.27. The van der Waals surface area contributed by atoms with Crippen molar-refractivity contribution in [1.29, 1.82) is 0 Å². The van der Waals surface area contributed by atoms with E-state index in [2.05, 4.69) is 36.6 Å². The Morgan fingerprint density at radius 1 is 1.56 bits per heavy atom. The van der Waals surface area contributed by atoms with Crippen LogP contribution in [0.4, 0.5) is 20.5 Å². The summed E-state index contributed by atoms with van der Waals surface area (Å²) in [5, 5.41) is 10.8. The van der Waals surface area contributed by atoms with Gasteiger partial charge in [0.25, 0.3) is 5.92 Å². The van der Waals surface area contributed by atoms with Crippen LogP contribution in [0.3, 0.4) is 0 Å². The lowest BCUT2D eigenvalue weighted by atomic mass is 10.3. The molecule has 1 heterocycles. The molecule has 0 saturated heterocycles. The number of alkyl halides is 2. The number of aliphatic hydroxyl groups excluding tert-OH is 1. The van der Waals surface area contributed by atoms with Crippen LogP contribution in [0.1, 0.15) is 0 Å². The second-order valence-corrected chi connectivity index (χ2v) is 3.76. The molecule has 1 aromatic heterocycles. The van der Waals surface area contributed by atoms with Crippen LogP contribution < -0.4 is 16.6 Å². The molecule has 90 valence electrons. The van der Waals surface area contributed by atoms with Crippen LogP contribution in [0.25, 0.3) is 0 Å². The number of aromatic nitrogens is 2. The van der Waals surface area contributed by atoms with Crippen molar-refractivity contribution in [2.45, 2.75) is 5.92 Å². The van der Waals surface area contributed by atoms with Gasteiger partial charge in [-0.3, -0.25) is 5.43 Å². The van der Waals surface area contributed by atoms with Crippen LogP contribution in [-0.2, 0) is 0 Å². The van der Waals surface area contributed by atoms with E-state index in [-0.39, 0.29) is 11.8 Å². The predicted octanol–water partition coefficient (Wildman–Crippen LogP) is 0.564. The van der Waals surface area contributed by atoms with Gasteiger partial charge in [0.15, 0.2) is 0 Å². The van der Waals surface area contributed by atoms with Crippen molar-refractivity contribution in [2.75, 3.05) is 23.9 Å². The first-order chi connectivity index (χ1) is 7.48. The summed E-state index contributed by atoms with van der Waals surface area (Å²) in [6.45, 7) is -1.96. The van der Waals surface area contributed by atoms with Gasteiger partial charge in [-0.2, -0.15) is 4.98 Å². The normalized spacial score (nSPS) is 11.3. The molecule has 1 aromatic rings. The number of halogens is 3. The zero-order valence-corrected chi connectivity index (χ0v) is 9.63. The molecule has 0 aromatic carbocycles. The fourth-order valence-corrected chi connectivity index (χ4v) is 1.16. The van der Waals surface area contributed by atoms with Crippen molar-refractivity contribution in [2.24, 2.45) is 5.84 Å². The highest BCUT2D eigenvalue weighted by Crippen LogP contribution is 2.21. The van der Waals surface area contributed by atoms with Crippen LogP contribution in [-0.4, -0.2) is 34.1 Å². The van der Waals surface area contributed by atoms with Crippen LogP contribution in [0.15, 0.2) is 10.7 Å². The topological polar surface area (TPSA) is 96.1 Å². The molecule has 0 amide bonds. The number of nitrogens with two attached hydrogens (primary N) is 1. The highest BCUT2D eigenvalue weighted by atomic mass is 79.9. The lowest BCUT2D eigenvalue weighted by Crippen LogP contribution is -2.31. The Kier molecular flexibility index (Phi) is 4.33. The number of nitrogen functional groups attached to an aromatic ring is 1. The maximum absolute atomic E-state index is 12.7. The molecule has 0 bridgehead atoms. The summed E-state index contributed by atoms with van der Waals surface area (Å²) in [4.78, 5) is 7.56. The first-order valence-corrected chi connectivity index (χ1v) is 4.99. The fraction of sp³-hybridized carbons (Fsp3) is 0.429. The molecular weight excluding hydrogens is 288 g/mol. The Hall–Kier alpha value is -1.06. The maximum Gasteiger partial charge on any atom is 0.287 e. The fourth-order valence-electron chi connectivity index (χ4n) is 0.830. The van der Waals surface area contributed by atoms with Crippen molar-refractivity contribution >= 4 is 27.7 Å². The summed E-state index contributed by atoms with van der Waals surface area (Å²) in [6.07, 6.45) is 1.36. The van der Waals surface area contributed by atoms with E-state index in [0.29, 0.717) is 4.47 Å². The van der Waals surface area contributed by atoms with E-state index in [1.54, 1.807) is 0 Å². The molecule has 0 unspecified atom stereocenters. The third kappa shape index (κ3) is 3.51. The molecular formula is C7H10BrF2N5O. The zero-order chi connectivity index (χ0) is 12.2. The highest BCUT2D eigenvalue weighted by molar-refractivity contribution is 9.10. The summed E-state index contributed by atoms with van der Waals surface area (Å²) >= 11 is 3.09. The average molecular weight is 298 g/mol. The van der Waals surface area contributed by atoms with Crippen LogP contribution in [0.2, 0.25) is 0 Å². The number of nitrogens with one attached hydrogen (secondary N) is 2. The third-order valence-corrected chi connectivity index (χ3v) is 2.20. The van der Waals surface area contributed by atoms with Crippen molar-refractivity contribution in [3.8, 4) is 0 Å². The number of aliphatic hydroxyl groups is 1. The van der Waals surface area contributed by atoms with E-state index in [1.165, 1.54) is 6.20 Å². The molecule has 9 heteroatoms. The summed E-state index contributed by atoms with van der Waals surface area (Å²) in [7, 11) is 0. The molecule has 0 atom stereocenters. The van der Waals surface area contributed by atoms with Gasteiger partial charge in [-0.1, -0.05) is 0 Å². The van der Waals surface area contributed by atoms with E-state index >= 15 is 0 Å². The lowest BCUT2D eigenvalue weighted by molar-refractivity contribution is -0.0373. The number of hydrazine groups is 1. The molecule has 6 nitrogen and oxygen atoms in total. The monoisotopic (exact) mass is 297 g/mol. The smallest absolute Gasteiger partial charge is 0.287 e. The molecule has 0 aliphatic carbocycles. The second-order valence-electron chi connectivity index (χ2n) is 2.90. The summed E-state index contributed by atoms with van der Waals surface area (Å²) in [6, 6.07) is 0. The Morgan fingerprint density at radius 2 is 2.25 bits per heavy atom. The Bertz CT molecular complexity index is 365. The summed E-state index contributed by atoms with van der Waals surface area (Å²) in [5.74, 6) is 2.12. The van der Waals surface area contributed by atoms with Crippen molar-refractivity contribution in [3.63, 3.8) is 0 Å². The van der Waals surface area contributed by atoms with Gasteiger partial charge >= 0.3 is 0 Å². The summed E-state index contributed by atoms with van der Waals surface area (Å²) in [5.41, 5.74) is 2.19. The molecule has 0 fully saturated rings. The van der Waals surface area contributed by atoms with Gasteiger partial charge in [-0.05, 0) is 15.9 Å². The van der Waals surface area contributed by atoms with Gasteiger partial charge in [-0.25, -0.2) is 19.6 Å². The predicted molar refractivity (Wildman–Crippen MR) is 58.1 cm³/mol. The van der Waals surface area contributed by atoms with Crippen LogP contribution in [0.5, 0.6) is 0 Å². The Balaban J connectivity index is 2.73. The second kappa shape index (κ2) is 5.32. The third-order valence-electron chi connectivity index (χ3n) is 1.62. The van der Waals surface area contributed by atoms with Gasteiger partial charge < -0.3 is 10.4 Å². The zero-order valence-electron chi connectivity index (χ0n) is 8.04. The van der Waals surface area contributed by atoms with E-state index in [4.69, 9.17) is 10.9 Å². The van der Waals surface area contributed by atoms with Gasteiger partial charge in [0.1, 0.15) is 12.4 Å². The van der Waals surface area contributed by atoms with Crippen molar-refractivity contribution < 1.29 is 13.9 Å². The van der Waals surface area contributed by atoms with E-state index in [9.17, 15) is 8.78 Å². The quantitative estimate of drug-likeness (QED) is 0.469. The first kappa shape index (κ1) is 13.0. The minimum absolute atomic E-state index is 0.0954. The van der Waals surface area contributed by atoms with E-state index < -0.39 is 19.1 Å². The largest absolute Gasteiger partial charge is 0.390 e. The van der Waals surface area contributed by atoms with Crippen molar-refractivity contribution in [3.05, 3.63) is 10.7 Å². The van der Waals surface area contributed by atoms with Crippen LogP contribution in [0, 0.1) is 0 Å². The number of nitrogens with zero attached hydrogens (tertiary/aromatic N) is 2. The molecule has 5 N–H and O–H groups in total. The summed E-state index contributed by atoms with van der Waals surface area (Å²) < 4.78 is 25.9. The van der Waals surface area contributed by atoms with Crippen LogP contribution >= 0.6 is 15.9 Å². The lowest BCUT2D eigenvalue weighted by Gasteiger charge is -2.15. The average Bonchev–Trinajstić information content (AvgIpc) is 2.28. The SMILES string of the molecule is NNc1ncc(Br)c(NCC(F)(F)CO)n1. The molecule has 0 saturated carbocycles. The maximum atomic E-state index is 12.7. The molecule has 0 radical (unpaired) electrons. The van der Waals surface area contributed by atoms with Gasteiger partial charge in [0.05, 0.1) is 11.0 Å². The first-order valence-electron chi connectivity index (χ1n) is 4.20. The number of hydrogen-bond donors (Lipinski definition) is 4. The van der Waals surface area contributed by atoms with E-state index in [1.807, 2.05) is 0 Å². The van der Waals surface area contributed by atoms with E-state index in [0.717, 1.165) is 0 Å². The molecule has 1 rings (SSSR count). The minimum atomic E-state index is -3.21. The van der Waals surface area contributed by atoms with Crippen molar-refractivity contribution in [1.82, 2.24) is 9.97 Å². The number of rotatable bonds is 5. The number of hydrogen-bond acceptors (Lipinski definition) is 6. The molecule has 0 aliphatic heterocycles.